The molecule has 0 amide bonds. The maximum atomic E-state index is 4.89. The molecule has 46 heavy (non-hydrogen) atoms. The molecule has 2 heterocycles. The van der Waals surface area contributed by atoms with Crippen LogP contribution in [0.15, 0.2) is 121 Å². The monoisotopic (exact) mass is 592 g/mol. The van der Waals surface area contributed by atoms with Crippen LogP contribution in [0.3, 0.4) is 0 Å². The average Bonchev–Trinajstić information content (AvgIpc) is 3.06. The van der Waals surface area contributed by atoms with Crippen molar-refractivity contribution in [3.63, 3.8) is 0 Å². The summed E-state index contributed by atoms with van der Waals surface area (Å²) in [7, 11) is 0. The molecule has 4 nitrogen and oxygen atoms in total. The zero-order chi connectivity index (χ0) is 31.4. The van der Waals surface area contributed by atoms with Crippen molar-refractivity contribution in [2.75, 3.05) is 0 Å². The van der Waals surface area contributed by atoms with Gasteiger partial charge in [0.1, 0.15) is 0 Å². The van der Waals surface area contributed by atoms with Crippen molar-refractivity contribution < 1.29 is 0 Å². The Morgan fingerprint density at radius 2 is 0.761 bits per heavy atom. The molecule has 0 aliphatic heterocycles. The standard InChI is InChI=1S/C42H32N4/c1-25-21-26(2)44-41(43-25)30-19-17-29(18-20-30)39-34-13-7-9-15-36(34)40(37-16-10-8-14-35(37)39)32-23-31-11-5-6-12-33(31)38(24-32)42-45-27(3)22-28(4)46-42/h5-24H,1-4H3. The van der Waals surface area contributed by atoms with Gasteiger partial charge in [-0.3, -0.25) is 0 Å². The van der Waals surface area contributed by atoms with Gasteiger partial charge in [0.25, 0.3) is 0 Å². The Morgan fingerprint density at radius 3 is 1.28 bits per heavy atom. The SMILES string of the molecule is Cc1cc(C)nc(-c2ccc(-c3c4ccccc4c(-c4cc(-c5nc(C)cc(C)n5)c5ccccc5c4)c4ccccc34)cc2)n1. The summed E-state index contributed by atoms with van der Waals surface area (Å²) in [4.78, 5) is 19.2. The lowest BCUT2D eigenvalue weighted by molar-refractivity contribution is 1.06. The second-order valence-corrected chi connectivity index (χ2v) is 12.1. The van der Waals surface area contributed by atoms with Crippen molar-refractivity contribution in [3.05, 3.63) is 144 Å². The first-order valence-electron chi connectivity index (χ1n) is 15.7. The molecule has 0 fully saturated rings. The Kier molecular flexibility index (Phi) is 6.65. The van der Waals surface area contributed by atoms with Crippen LogP contribution in [0.4, 0.5) is 0 Å². The smallest absolute Gasteiger partial charge is 0.160 e. The molecular formula is C42H32N4. The number of fused-ring (bicyclic) bond motifs is 3. The number of nitrogens with zero attached hydrogens (tertiary/aromatic N) is 4. The highest BCUT2D eigenvalue weighted by atomic mass is 14.9. The van der Waals surface area contributed by atoms with Crippen LogP contribution in [-0.4, -0.2) is 19.9 Å². The summed E-state index contributed by atoms with van der Waals surface area (Å²) >= 11 is 0. The molecule has 0 radical (unpaired) electrons. The van der Waals surface area contributed by atoms with Crippen molar-refractivity contribution in [2.45, 2.75) is 27.7 Å². The first kappa shape index (κ1) is 27.8. The summed E-state index contributed by atoms with van der Waals surface area (Å²) in [6, 6.07) is 43.4. The van der Waals surface area contributed by atoms with E-state index in [1.807, 2.05) is 39.8 Å². The second kappa shape index (κ2) is 11.0. The van der Waals surface area contributed by atoms with E-state index in [1.54, 1.807) is 0 Å². The highest BCUT2D eigenvalue weighted by molar-refractivity contribution is 6.22. The Bertz CT molecular complexity index is 2360. The van der Waals surface area contributed by atoms with Gasteiger partial charge in [0.05, 0.1) is 0 Å². The van der Waals surface area contributed by atoms with Gasteiger partial charge in [-0.2, -0.15) is 0 Å². The maximum absolute atomic E-state index is 4.89. The van der Waals surface area contributed by atoms with E-state index in [1.165, 1.54) is 38.1 Å². The lowest BCUT2D eigenvalue weighted by Gasteiger charge is -2.19. The van der Waals surface area contributed by atoms with Gasteiger partial charge in [-0.15, -0.1) is 0 Å². The molecule has 8 aromatic rings. The Labute approximate surface area is 268 Å². The van der Waals surface area contributed by atoms with Crippen LogP contribution in [0.2, 0.25) is 0 Å². The number of hydrogen-bond donors (Lipinski definition) is 0. The van der Waals surface area contributed by atoms with Crippen molar-refractivity contribution in [1.82, 2.24) is 19.9 Å². The zero-order valence-corrected chi connectivity index (χ0v) is 26.3. The third-order valence-electron chi connectivity index (χ3n) is 8.72. The van der Waals surface area contributed by atoms with Gasteiger partial charge >= 0.3 is 0 Å². The van der Waals surface area contributed by atoms with E-state index in [9.17, 15) is 0 Å². The van der Waals surface area contributed by atoms with E-state index in [0.29, 0.717) is 0 Å². The Morgan fingerprint density at radius 1 is 0.348 bits per heavy atom. The van der Waals surface area contributed by atoms with Crippen molar-refractivity contribution in [2.24, 2.45) is 0 Å². The maximum Gasteiger partial charge on any atom is 0.160 e. The van der Waals surface area contributed by atoms with Crippen LogP contribution in [0, 0.1) is 27.7 Å². The number of aromatic nitrogens is 4. The topological polar surface area (TPSA) is 51.6 Å². The quantitative estimate of drug-likeness (QED) is 0.191. The van der Waals surface area contributed by atoms with E-state index in [-0.39, 0.29) is 0 Å². The minimum absolute atomic E-state index is 0.758. The Balaban J connectivity index is 1.39. The molecule has 0 atom stereocenters. The predicted molar refractivity (Wildman–Crippen MR) is 191 cm³/mol. The zero-order valence-electron chi connectivity index (χ0n) is 26.3. The lowest BCUT2D eigenvalue weighted by atomic mass is 9.85. The van der Waals surface area contributed by atoms with Gasteiger partial charge in [-0.25, -0.2) is 19.9 Å². The summed E-state index contributed by atoms with van der Waals surface area (Å²) in [6.07, 6.45) is 0. The van der Waals surface area contributed by atoms with E-state index >= 15 is 0 Å². The summed E-state index contributed by atoms with van der Waals surface area (Å²) in [5.41, 5.74) is 10.7. The Hall–Kier alpha value is -5.74. The highest BCUT2D eigenvalue weighted by Gasteiger charge is 2.19. The van der Waals surface area contributed by atoms with Gasteiger partial charge in [-0.1, -0.05) is 97.1 Å². The first-order valence-corrected chi connectivity index (χ1v) is 15.7. The average molecular weight is 593 g/mol. The van der Waals surface area contributed by atoms with E-state index in [4.69, 9.17) is 19.9 Å². The lowest BCUT2D eigenvalue weighted by Crippen LogP contribution is -1.96. The fourth-order valence-corrected chi connectivity index (χ4v) is 6.88. The molecule has 0 saturated carbocycles. The van der Waals surface area contributed by atoms with Crippen LogP contribution in [0.1, 0.15) is 22.8 Å². The van der Waals surface area contributed by atoms with Gasteiger partial charge in [0.2, 0.25) is 0 Å². The van der Waals surface area contributed by atoms with E-state index in [2.05, 4.69) is 109 Å². The molecule has 220 valence electrons. The number of benzene rings is 6. The molecule has 0 bridgehead atoms. The molecule has 0 spiro atoms. The van der Waals surface area contributed by atoms with Crippen molar-refractivity contribution in [3.8, 4) is 45.0 Å². The molecule has 4 heteroatoms. The molecule has 0 aliphatic carbocycles. The fourth-order valence-electron chi connectivity index (χ4n) is 6.88. The molecule has 0 aliphatic rings. The summed E-state index contributed by atoms with van der Waals surface area (Å²) in [5, 5.41) is 7.16. The van der Waals surface area contributed by atoms with E-state index < -0.39 is 0 Å². The van der Waals surface area contributed by atoms with Gasteiger partial charge < -0.3 is 0 Å². The summed E-state index contributed by atoms with van der Waals surface area (Å²) in [6.45, 7) is 8.09. The van der Waals surface area contributed by atoms with Crippen molar-refractivity contribution in [1.29, 1.82) is 0 Å². The van der Waals surface area contributed by atoms with Gasteiger partial charge in [-0.05, 0) is 107 Å². The van der Waals surface area contributed by atoms with Crippen LogP contribution in [0.25, 0.3) is 77.3 Å². The number of aryl methyl sites for hydroxylation is 4. The predicted octanol–water partition coefficient (Wildman–Crippen LogP) is 10.6. The van der Waals surface area contributed by atoms with Crippen LogP contribution in [0.5, 0.6) is 0 Å². The highest BCUT2D eigenvalue weighted by Crippen LogP contribution is 2.45. The molecule has 2 aromatic heterocycles. The third kappa shape index (κ3) is 4.79. The number of hydrogen-bond acceptors (Lipinski definition) is 4. The minimum atomic E-state index is 0.758. The summed E-state index contributed by atoms with van der Waals surface area (Å²) in [5.74, 6) is 1.52. The number of rotatable bonds is 4. The molecule has 0 N–H and O–H groups in total. The van der Waals surface area contributed by atoms with Gasteiger partial charge in [0, 0.05) is 33.9 Å². The third-order valence-corrected chi connectivity index (χ3v) is 8.72. The minimum Gasteiger partial charge on any atom is -0.233 e. The molecule has 8 rings (SSSR count). The second-order valence-electron chi connectivity index (χ2n) is 12.1. The molecular weight excluding hydrogens is 560 g/mol. The van der Waals surface area contributed by atoms with E-state index in [0.717, 1.165) is 62.1 Å². The normalized spacial score (nSPS) is 11.5. The molecule has 0 saturated heterocycles. The largest absolute Gasteiger partial charge is 0.233 e. The fraction of sp³-hybridized carbons (Fsp3) is 0.0952. The van der Waals surface area contributed by atoms with Crippen LogP contribution in [-0.2, 0) is 0 Å². The van der Waals surface area contributed by atoms with Crippen molar-refractivity contribution >= 4 is 32.3 Å². The summed E-state index contributed by atoms with van der Waals surface area (Å²) < 4.78 is 0. The first-order chi connectivity index (χ1) is 22.4. The van der Waals surface area contributed by atoms with Gasteiger partial charge in [0.15, 0.2) is 11.6 Å². The van der Waals surface area contributed by atoms with Crippen LogP contribution >= 0.6 is 0 Å². The van der Waals surface area contributed by atoms with Crippen LogP contribution < -0.4 is 0 Å². The molecule has 6 aromatic carbocycles. The molecule has 0 unspecified atom stereocenters.